The molecule has 1 aliphatic rings. The van der Waals surface area contributed by atoms with Crippen LogP contribution in [0.15, 0.2) is 53.4 Å². The number of halogens is 3. The Morgan fingerprint density at radius 2 is 1.77 bits per heavy atom. The smallest absolute Gasteiger partial charge is 0.416 e. The molecule has 1 heterocycles. The lowest BCUT2D eigenvalue weighted by Gasteiger charge is -2.30. The minimum absolute atomic E-state index is 0.0253. The number of esters is 1. The number of methoxy groups -OCH3 is 1. The van der Waals surface area contributed by atoms with E-state index in [0.29, 0.717) is 11.8 Å². The summed E-state index contributed by atoms with van der Waals surface area (Å²) in [5.41, 5.74) is -0.262. The van der Waals surface area contributed by atoms with Crippen LogP contribution >= 0.6 is 0 Å². The van der Waals surface area contributed by atoms with Gasteiger partial charge in [0.2, 0.25) is 10.0 Å². The third kappa shape index (κ3) is 5.56. The van der Waals surface area contributed by atoms with E-state index in [0.717, 1.165) is 28.1 Å². The van der Waals surface area contributed by atoms with Gasteiger partial charge in [0.05, 0.1) is 23.5 Å². The first-order valence-corrected chi connectivity index (χ1v) is 11.0. The zero-order valence-electron chi connectivity index (χ0n) is 16.8. The van der Waals surface area contributed by atoms with Crippen LogP contribution in [0.4, 0.5) is 13.2 Å². The largest absolute Gasteiger partial charge is 0.497 e. The average Bonchev–Trinajstić information content (AvgIpc) is 2.77. The topological polar surface area (TPSA) is 72.9 Å². The van der Waals surface area contributed by atoms with Crippen molar-refractivity contribution in [1.82, 2.24) is 4.31 Å². The summed E-state index contributed by atoms with van der Waals surface area (Å²) in [6.45, 7) is 0.119. The summed E-state index contributed by atoms with van der Waals surface area (Å²) in [7, 11) is -2.56. The fraction of sp³-hybridized carbons (Fsp3) is 0.381. The van der Waals surface area contributed by atoms with E-state index in [1.165, 1.54) is 7.11 Å². The number of nitrogens with zero attached hydrogens (tertiary/aromatic N) is 1. The summed E-state index contributed by atoms with van der Waals surface area (Å²) in [4.78, 5) is 11.9. The van der Waals surface area contributed by atoms with Crippen molar-refractivity contribution < 1.29 is 35.9 Å². The number of alkyl halides is 3. The molecular formula is C21H22F3NO5S. The van der Waals surface area contributed by atoms with Gasteiger partial charge in [0.25, 0.3) is 0 Å². The van der Waals surface area contributed by atoms with Crippen LogP contribution in [0, 0.1) is 5.92 Å². The minimum atomic E-state index is -4.63. The Balaban J connectivity index is 1.59. The van der Waals surface area contributed by atoms with Crippen molar-refractivity contribution >= 4 is 16.0 Å². The third-order valence-electron chi connectivity index (χ3n) is 5.10. The predicted octanol–water partition coefficient (Wildman–Crippen LogP) is 3.86. The van der Waals surface area contributed by atoms with E-state index in [1.807, 2.05) is 0 Å². The van der Waals surface area contributed by atoms with E-state index in [4.69, 9.17) is 9.47 Å². The molecule has 0 N–H and O–H groups in total. The number of piperidine rings is 1. The number of carbonyl (C=O) groups is 1. The number of benzene rings is 2. The van der Waals surface area contributed by atoms with E-state index in [-0.39, 0.29) is 32.5 Å². The maximum absolute atomic E-state index is 12.9. The molecule has 2 aromatic carbocycles. The fourth-order valence-electron chi connectivity index (χ4n) is 3.35. The van der Waals surface area contributed by atoms with Crippen LogP contribution in [-0.4, -0.2) is 38.9 Å². The molecule has 0 amide bonds. The molecule has 1 fully saturated rings. The van der Waals surface area contributed by atoms with Crippen molar-refractivity contribution in [3.8, 4) is 5.75 Å². The Bertz CT molecular complexity index is 1030. The van der Waals surface area contributed by atoms with Gasteiger partial charge in [-0.2, -0.15) is 17.5 Å². The SMILES string of the molecule is COc1cccc(COC(=O)C2CCN(S(=O)(=O)c3cccc(C(F)(F)F)c3)CC2)c1. The number of hydrogen-bond acceptors (Lipinski definition) is 5. The Kier molecular flexibility index (Phi) is 6.90. The van der Waals surface area contributed by atoms with Crippen molar-refractivity contribution in [2.45, 2.75) is 30.5 Å². The Morgan fingerprint density at radius 1 is 1.10 bits per heavy atom. The van der Waals surface area contributed by atoms with E-state index < -0.39 is 38.5 Å². The number of rotatable bonds is 6. The lowest BCUT2D eigenvalue weighted by molar-refractivity contribution is -0.151. The first-order valence-electron chi connectivity index (χ1n) is 9.58. The molecule has 3 rings (SSSR count). The van der Waals surface area contributed by atoms with Crippen LogP contribution in [0.1, 0.15) is 24.0 Å². The van der Waals surface area contributed by atoms with Gasteiger partial charge in [0, 0.05) is 13.1 Å². The highest BCUT2D eigenvalue weighted by atomic mass is 32.2. The number of sulfonamides is 1. The van der Waals surface area contributed by atoms with Crippen LogP contribution in [0.2, 0.25) is 0 Å². The molecule has 2 aromatic rings. The highest BCUT2D eigenvalue weighted by Gasteiger charge is 2.35. The fourth-order valence-corrected chi connectivity index (χ4v) is 4.86. The standard InChI is InChI=1S/C21H22F3NO5S/c1-29-18-6-2-4-15(12-18)14-30-20(26)16-8-10-25(11-9-16)31(27,28)19-7-3-5-17(13-19)21(22,23)24/h2-7,12-13,16H,8-11,14H2,1H3. The summed E-state index contributed by atoms with van der Waals surface area (Å²) in [5.74, 6) is -0.265. The predicted molar refractivity (Wildman–Crippen MR) is 106 cm³/mol. The molecule has 168 valence electrons. The normalized spacial score (nSPS) is 16.1. The Labute approximate surface area is 178 Å². The molecule has 0 radical (unpaired) electrons. The molecule has 0 unspecified atom stereocenters. The summed E-state index contributed by atoms with van der Waals surface area (Å²) in [6.07, 6.45) is -4.17. The molecule has 0 spiro atoms. The lowest BCUT2D eigenvalue weighted by Crippen LogP contribution is -2.40. The molecular weight excluding hydrogens is 435 g/mol. The van der Waals surface area contributed by atoms with Gasteiger partial charge in [-0.05, 0) is 48.7 Å². The molecule has 0 bridgehead atoms. The first-order chi connectivity index (χ1) is 14.6. The lowest BCUT2D eigenvalue weighted by atomic mass is 9.98. The highest BCUT2D eigenvalue weighted by molar-refractivity contribution is 7.89. The van der Waals surface area contributed by atoms with Crippen LogP contribution in [0.25, 0.3) is 0 Å². The summed E-state index contributed by atoms with van der Waals surface area (Å²) < 4.78 is 75.8. The van der Waals surface area contributed by atoms with E-state index in [1.54, 1.807) is 24.3 Å². The van der Waals surface area contributed by atoms with Crippen LogP contribution in [0.3, 0.4) is 0 Å². The average molecular weight is 457 g/mol. The van der Waals surface area contributed by atoms with Crippen molar-refractivity contribution in [3.63, 3.8) is 0 Å². The van der Waals surface area contributed by atoms with Gasteiger partial charge in [-0.15, -0.1) is 0 Å². The number of ether oxygens (including phenoxy) is 2. The highest BCUT2D eigenvalue weighted by Crippen LogP contribution is 2.32. The van der Waals surface area contributed by atoms with E-state index in [2.05, 4.69) is 0 Å². The zero-order chi connectivity index (χ0) is 22.6. The van der Waals surface area contributed by atoms with Crippen LogP contribution in [-0.2, 0) is 32.3 Å². The van der Waals surface area contributed by atoms with Gasteiger partial charge in [-0.3, -0.25) is 4.79 Å². The van der Waals surface area contributed by atoms with Gasteiger partial charge in [-0.25, -0.2) is 8.42 Å². The summed E-state index contributed by atoms with van der Waals surface area (Å²) in [6, 6.07) is 10.7. The van der Waals surface area contributed by atoms with E-state index in [9.17, 15) is 26.4 Å². The van der Waals surface area contributed by atoms with Crippen LogP contribution in [0.5, 0.6) is 5.75 Å². The summed E-state index contributed by atoms with van der Waals surface area (Å²) in [5, 5.41) is 0. The molecule has 0 aromatic heterocycles. The van der Waals surface area contributed by atoms with Crippen molar-refractivity contribution in [3.05, 3.63) is 59.7 Å². The molecule has 10 heteroatoms. The van der Waals surface area contributed by atoms with Gasteiger partial charge in [0.1, 0.15) is 12.4 Å². The number of hydrogen-bond donors (Lipinski definition) is 0. The second-order valence-corrected chi connectivity index (χ2v) is 9.10. The molecule has 6 nitrogen and oxygen atoms in total. The Morgan fingerprint density at radius 3 is 2.42 bits per heavy atom. The first kappa shape index (κ1) is 23.1. The van der Waals surface area contributed by atoms with Gasteiger partial charge < -0.3 is 9.47 Å². The monoisotopic (exact) mass is 457 g/mol. The van der Waals surface area contributed by atoms with Crippen molar-refractivity contribution in [2.24, 2.45) is 5.92 Å². The Hall–Kier alpha value is -2.59. The zero-order valence-corrected chi connectivity index (χ0v) is 17.6. The second kappa shape index (κ2) is 9.27. The van der Waals surface area contributed by atoms with Crippen molar-refractivity contribution in [1.29, 1.82) is 0 Å². The molecule has 0 aliphatic carbocycles. The number of carbonyl (C=O) groups excluding carboxylic acids is 1. The molecule has 1 saturated heterocycles. The maximum atomic E-state index is 12.9. The van der Waals surface area contributed by atoms with Gasteiger partial charge >= 0.3 is 12.1 Å². The second-order valence-electron chi connectivity index (χ2n) is 7.16. The molecule has 31 heavy (non-hydrogen) atoms. The maximum Gasteiger partial charge on any atom is 0.416 e. The summed E-state index contributed by atoms with van der Waals surface area (Å²) >= 11 is 0. The van der Waals surface area contributed by atoms with Gasteiger partial charge in [0.15, 0.2) is 0 Å². The van der Waals surface area contributed by atoms with Crippen molar-refractivity contribution in [2.75, 3.05) is 20.2 Å². The third-order valence-corrected chi connectivity index (χ3v) is 7.00. The quantitative estimate of drug-likeness (QED) is 0.616. The molecule has 0 atom stereocenters. The molecule has 1 aliphatic heterocycles. The minimum Gasteiger partial charge on any atom is -0.497 e. The van der Waals surface area contributed by atoms with Gasteiger partial charge in [-0.1, -0.05) is 18.2 Å². The molecule has 0 saturated carbocycles. The van der Waals surface area contributed by atoms with E-state index >= 15 is 0 Å². The van der Waals surface area contributed by atoms with Crippen LogP contribution < -0.4 is 4.74 Å².